The van der Waals surface area contributed by atoms with Crippen LogP contribution >= 0.6 is 0 Å². The van der Waals surface area contributed by atoms with Gasteiger partial charge < -0.3 is 0 Å². The highest BCUT2D eigenvalue weighted by atomic mass is 14.1. The van der Waals surface area contributed by atoms with E-state index in [0.29, 0.717) is 0 Å². The Bertz CT molecular complexity index is 1190. The van der Waals surface area contributed by atoms with Crippen LogP contribution in [0.1, 0.15) is 0 Å². The van der Waals surface area contributed by atoms with E-state index in [2.05, 4.69) is 91.0 Å². The monoisotopic (exact) mass is 303 g/mol. The molecule has 0 bridgehead atoms. The van der Waals surface area contributed by atoms with E-state index in [0.717, 1.165) is 5.39 Å². The summed E-state index contributed by atoms with van der Waals surface area (Å²) >= 11 is 0. The number of hydrogen-bond donors (Lipinski definition) is 0. The predicted octanol–water partition coefficient (Wildman–Crippen LogP) is 6.61. The molecule has 0 amide bonds. The van der Waals surface area contributed by atoms with Crippen molar-refractivity contribution in [3.05, 3.63) is 97.1 Å². The molecule has 1 radical (unpaired) electrons. The quantitative estimate of drug-likeness (QED) is 0.305. The van der Waals surface area contributed by atoms with Crippen LogP contribution in [0.15, 0.2) is 91.0 Å². The fraction of sp³-hybridized carbons (Fsp3) is 0. The second-order valence-electron chi connectivity index (χ2n) is 6.16. The third-order valence-corrected chi connectivity index (χ3v) is 4.76. The molecule has 0 unspecified atom stereocenters. The van der Waals surface area contributed by atoms with Crippen LogP contribution in [-0.4, -0.2) is 0 Å². The van der Waals surface area contributed by atoms with Crippen molar-refractivity contribution >= 4 is 32.3 Å². The van der Waals surface area contributed by atoms with Gasteiger partial charge in [0.15, 0.2) is 0 Å². The number of rotatable bonds is 1. The zero-order valence-corrected chi connectivity index (χ0v) is 13.2. The minimum Gasteiger partial charge on any atom is -0.0616 e. The molecule has 5 aromatic rings. The van der Waals surface area contributed by atoms with E-state index in [-0.39, 0.29) is 0 Å². The van der Waals surface area contributed by atoms with Gasteiger partial charge >= 0.3 is 0 Å². The zero-order valence-electron chi connectivity index (χ0n) is 13.2. The molecule has 24 heavy (non-hydrogen) atoms. The summed E-state index contributed by atoms with van der Waals surface area (Å²) in [6, 6.07) is 35.7. The van der Waals surface area contributed by atoms with E-state index in [4.69, 9.17) is 0 Å². The van der Waals surface area contributed by atoms with Gasteiger partial charge in [0.2, 0.25) is 0 Å². The Balaban J connectivity index is 1.80. The van der Waals surface area contributed by atoms with Crippen molar-refractivity contribution in [1.82, 2.24) is 0 Å². The third-order valence-electron chi connectivity index (χ3n) is 4.76. The average Bonchev–Trinajstić information content (AvgIpc) is 2.67. The number of hydrogen-bond acceptors (Lipinski definition) is 0. The van der Waals surface area contributed by atoms with Gasteiger partial charge in [-0.25, -0.2) is 0 Å². The van der Waals surface area contributed by atoms with Crippen LogP contribution in [0.2, 0.25) is 0 Å². The van der Waals surface area contributed by atoms with Crippen molar-refractivity contribution in [3.8, 4) is 11.1 Å². The van der Waals surface area contributed by atoms with Gasteiger partial charge in [0.25, 0.3) is 0 Å². The third kappa shape index (κ3) is 2.00. The number of benzene rings is 5. The lowest BCUT2D eigenvalue weighted by Crippen LogP contribution is -1.83. The Hall–Kier alpha value is -3.12. The van der Waals surface area contributed by atoms with Crippen molar-refractivity contribution in [3.63, 3.8) is 0 Å². The molecular weight excluding hydrogens is 288 g/mol. The van der Waals surface area contributed by atoms with Crippen LogP contribution in [0, 0.1) is 6.07 Å². The topological polar surface area (TPSA) is 0 Å². The van der Waals surface area contributed by atoms with Crippen LogP contribution in [0.4, 0.5) is 0 Å². The Kier molecular flexibility index (Phi) is 2.89. The fourth-order valence-electron chi connectivity index (χ4n) is 3.58. The maximum absolute atomic E-state index is 3.32. The van der Waals surface area contributed by atoms with E-state index in [1.165, 1.54) is 38.1 Å². The smallest absolute Gasteiger partial charge is 0.00987 e. The Labute approximate surface area is 141 Å². The van der Waals surface area contributed by atoms with Crippen molar-refractivity contribution in [2.24, 2.45) is 0 Å². The van der Waals surface area contributed by atoms with Gasteiger partial charge in [-0.3, -0.25) is 0 Å². The zero-order chi connectivity index (χ0) is 15.9. The van der Waals surface area contributed by atoms with E-state index in [9.17, 15) is 0 Å². The first kappa shape index (κ1) is 13.3. The summed E-state index contributed by atoms with van der Waals surface area (Å²) in [4.78, 5) is 0. The summed E-state index contributed by atoms with van der Waals surface area (Å²) < 4.78 is 0. The van der Waals surface area contributed by atoms with Crippen molar-refractivity contribution in [1.29, 1.82) is 0 Å². The summed E-state index contributed by atoms with van der Waals surface area (Å²) in [6.45, 7) is 0. The summed E-state index contributed by atoms with van der Waals surface area (Å²) in [7, 11) is 0. The molecule has 0 heterocycles. The lowest BCUT2D eigenvalue weighted by molar-refractivity contribution is 1.68. The maximum Gasteiger partial charge on any atom is -0.00987 e. The largest absolute Gasteiger partial charge is 0.0616 e. The van der Waals surface area contributed by atoms with Crippen LogP contribution < -0.4 is 0 Å². The summed E-state index contributed by atoms with van der Waals surface area (Å²) in [5.41, 5.74) is 2.52. The van der Waals surface area contributed by atoms with Gasteiger partial charge in [-0.05, 0) is 55.6 Å². The van der Waals surface area contributed by atoms with Gasteiger partial charge in [-0.15, -0.1) is 0 Å². The molecule has 0 aliphatic carbocycles. The molecule has 5 aromatic carbocycles. The van der Waals surface area contributed by atoms with E-state index >= 15 is 0 Å². The van der Waals surface area contributed by atoms with Crippen LogP contribution in [0.5, 0.6) is 0 Å². The molecule has 0 spiro atoms. The first-order valence-corrected chi connectivity index (χ1v) is 8.21. The molecule has 0 nitrogen and oxygen atoms in total. The normalized spacial score (nSPS) is 11.3. The molecule has 0 aliphatic heterocycles. The molecule has 0 aromatic heterocycles. The predicted molar refractivity (Wildman–Crippen MR) is 103 cm³/mol. The summed E-state index contributed by atoms with van der Waals surface area (Å²) in [6.07, 6.45) is 0. The van der Waals surface area contributed by atoms with E-state index < -0.39 is 0 Å². The number of fused-ring (bicyclic) bond motifs is 4. The van der Waals surface area contributed by atoms with Crippen molar-refractivity contribution in [2.75, 3.05) is 0 Å². The summed E-state index contributed by atoms with van der Waals surface area (Å²) in [5, 5.41) is 7.60. The second-order valence-corrected chi connectivity index (χ2v) is 6.16. The highest BCUT2D eigenvalue weighted by Gasteiger charge is 2.06. The van der Waals surface area contributed by atoms with Gasteiger partial charge in [0.1, 0.15) is 0 Å². The standard InChI is InChI=1S/C24H15/c1-3-9-21-17(6-1)8-5-11-23(21)20-14-15-24-19(16-20)13-12-18-7-2-4-10-22(18)24/h1-7,9-16H. The second kappa shape index (κ2) is 5.21. The van der Waals surface area contributed by atoms with E-state index in [1.54, 1.807) is 0 Å². The molecule has 0 fully saturated rings. The summed E-state index contributed by atoms with van der Waals surface area (Å²) in [5.74, 6) is 0. The molecular formula is C24H15. The molecule has 111 valence electrons. The Morgan fingerprint density at radius 2 is 1.29 bits per heavy atom. The highest BCUT2D eigenvalue weighted by molar-refractivity contribution is 6.09. The SMILES string of the molecule is [c]1ccc(-c2ccc3c(ccc4ccccc43)c2)c2ccccc12. The van der Waals surface area contributed by atoms with Crippen LogP contribution in [0.3, 0.4) is 0 Å². The van der Waals surface area contributed by atoms with Gasteiger partial charge in [-0.2, -0.15) is 0 Å². The molecule has 0 heteroatoms. The Morgan fingerprint density at radius 1 is 0.542 bits per heavy atom. The van der Waals surface area contributed by atoms with Crippen LogP contribution in [0.25, 0.3) is 43.4 Å². The van der Waals surface area contributed by atoms with Gasteiger partial charge in [-0.1, -0.05) is 84.9 Å². The minimum atomic E-state index is 1.16. The Morgan fingerprint density at radius 3 is 2.25 bits per heavy atom. The molecule has 0 N–H and O–H groups in total. The van der Waals surface area contributed by atoms with Gasteiger partial charge in [0.05, 0.1) is 0 Å². The van der Waals surface area contributed by atoms with Gasteiger partial charge in [0, 0.05) is 0 Å². The van der Waals surface area contributed by atoms with Crippen molar-refractivity contribution in [2.45, 2.75) is 0 Å². The molecule has 0 saturated heterocycles. The molecule has 0 saturated carbocycles. The minimum absolute atomic E-state index is 1.16. The first-order chi connectivity index (χ1) is 11.9. The maximum atomic E-state index is 3.32. The van der Waals surface area contributed by atoms with E-state index in [1.807, 2.05) is 6.07 Å². The lowest BCUT2D eigenvalue weighted by Gasteiger charge is -2.09. The average molecular weight is 303 g/mol. The fourth-order valence-corrected chi connectivity index (χ4v) is 3.58. The van der Waals surface area contributed by atoms with Crippen molar-refractivity contribution < 1.29 is 0 Å². The lowest BCUT2D eigenvalue weighted by atomic mass is 9.94. The molecule has 5 rings (SSSR count). The first-order valence-electron chi connectivity index (χ1n) is 8.21. The molecule has 0 atom stereocenters. The molecule has 0 aliphatic rings. The van der Waals surface area contributed by atoms with Crippen LogP contribution in [-0.2, 0) is 0 Å². The highest BCUT2D eigenvalue weighted by Crippen LogP contribution is 2.32.